The van der Waals surface area contributed by atoms with E-state index in [9.17, 15) is 4.79 Å². The molecule has 0 radical (unpaired) electrons. The Morgan fingerprint density at radius 1 is 1.22 bits per heavy atom. The number of amides is 1. The molecule has 2 nitrogen and oxygen atoms in total. The van der Waals surface area contributed by atoms with Gasteiger partial charge >= 0.3 is 0 Å². The quantitative estimate of drug-likeness (QED) is 0.581. The number of carbonyl (C=O) groups is 1. The lowest BCUT2D eigenvalue weighted by Gasteiger charge is -2.09. The predicted molar refractivity (Wildman–Crippen MR) is 81.3 cm³/mol. The van der Waals surface area contributed by atoms with Crippen molar-refractivity contribution in [2.45, 2.75) is 50.8 Å². The van der Waals surface area contributed by atoms with Crippen molar-refractivity contribution in [2.24, 2.45) is 0 Å². The fraction of sp³-hybridized carbons (Fsp3) is 0.533. The molecule has 1 aromatic carbocycles. The molecule has 0 aliphatic heterocycles. The van der Waals surface area contributed by atoms with Crippen molar-refractivity contribution in [1.82, 2.24) is 0 Å². The maximum atomic E-state index is 11.7. The second-order valence-electron chi connectivity index (χ2n) is 4.52. The standard InChI is InChI=1S/C15H22BrNO/c1-3-5-6-7-12-8-10-13(11-9-12)17-15(18)14(16)4-2/h8-11,14H,3-7H2,1-2H3,(H,17,18). The van der Waals surface area contributed by atoms with Gasteiger partial charge in [0.05, 0.1) is 4.83 Å². The molecule has 0 heterocycles. The van der Waals surface area contributed by atoms with Gasteiger partial charge in [-0.25, -0.2) is 0 Å². The number of aryl methyl sites for hydroxylation is 1. The highest BCUT2D eigenvalue weighted by Gasteiger charge is 2.11. The van der Waals surface area contributed by atoms with Gasteiger partial charge in [-0.15, -0.1) is 0 Å². The van der Waals surface area contributed by atoms with Crippen molar-refractivity contribution < 1.29 is 4.79 Å². The predicted octanol–water partition coefficient (Wildman–Crippen LogP) is 4.53. The highest BCUT2D eigenvalue weighted by molar-refractivity contribution is 9.10. The molecule has 100 valence electrons. The van der Waals surface area contributed by atoms with Crippen LogP contribution in [0.15, 0.2) is 24.3 Å². The van der Waals surface area contributed by atoms with Crippen LogP contribution in [0.25, 0.3) is 0 Å². The highest BCUT2D eigenvalue weighted by Crippen LogP contribution is 2.14. The summed E-state index contributed by atoms with van der Waals surface area (Å²) in [5.41, 5.74) is 2.21. The number of halogens is 1. The molecular weight excluding hydrogens is 290 g/mol. The van der Waals surface area contributed by atoms with Crippen LogP contribution in [0.2, 0.25) is 0 Å². The fourth-order valence-corrected chi connectivity index (χ4v) is 1.85. The van der Waals surface area contributed by atoms with Crippen LogP contribution in [0, 0.1) is 0 Å². The molecule has 0 fully saturated rings. The van der Waals surface area contributed by atoms with Gasteiger partial charge < -0.3 is 5.32 Å². The van der Waals surface area contributed by atoms with E-state index < -0.39 is 0 Å². The molecule has 0 aromatic heterocycles. The van der Waals surface area contributed by atoms with Gasteiger partial charge in [0.15, 0.2) is 0 Å². The summed E-state index contributed by atoms with van der Waals surface area (Å²) in [5.74, 6) is 0.0243. The molecular formula is C15H22BrNO. The van der Waals surface area contributed by atoms with Gasteiger partial charge in [0.25, 0.3) is 0 Å². The Bertz CT molecular complexity index is 361. The van der Waals surface area contributed by atoms with E-state index in [-0.39, 0.29) is 10.7 Å². The van der Waals surface area contributed by atoms with Crippen molar-refractivity contribution in [2.75, 3.05) is 5.32 Å². The summed E-state index contributed by atoms with van der Waals surface area (Å²) >= 11 is 3.34. The average Bonchev–Trinajstić information content (AvgIpc) is 2.40. The zero-order valence-corrected chi connectivity index (χ0v) is 12.8. The lowest BCUT2D eigenvalue weighted by atomic mass is 10.1. The third-order valence-electron chi connectivity index (χ3n) is 2.93. The second-order valence-corrected chi connectivity index (χ2v) is 5.62. The number of rotatable bonds is 7. The maximum absolute atomic E-state index is 11.7. The van der Waals surface area contributed by atoms with Crippen LogP contribution in [0.1, 0.15) is 45.1 Å². The number of carbonyl (C=O) groups excluding carboxylic acids is 1. The topological polar surface area (TPSA) is 29.1 Å². The number of nitrogens with one attached hydrogen (secondary N) is 1. The number of anilines is 1. The number of hydrogen-bond donors (Lipinski definition) is 1. The number of alkyl halides is 1. The van der Waals surface area contributed by atoms with Crippen molar-refractivity contribution >= 4 is 27.5 Å². The van der Waals surface area contributed by atoms with Gasteiger partial charge in [0.1, 0.15) is 0 Å². The van der Waals surface area contributed by atoms with E-state index in [0.29, 0.717) is 0 Å². The smallest absolute Gasteiger partial charge is 0.238 e. The molecule has 18 heavy (non-hydrogen) atoms. The van der Waals surface area contributed by atoms with Crippen LogP contribution in [-0.2, 0) is 11.2 Å². The largest absolute Gasteiger partial charge is 0.325 e. The first-order valence-corrected chi connectivity index (χ1v) is 7.62. The van der Waals surface area contributed by atoms with E-state index in [1.165, 1.54) is 24.8 Å². The van der Waals surface area contributed by atoms with Gasteiger partial charge in [0, 0.05) is 5.69 Å². The summed E-state index contributed by atoms with van der Waals surface area (Å²) in [5, 5.41) is 2.90. The Kier molecular flexibility index (Phi) is 7.02. The molecule has 1 aromatic rings. The van der Waals surface area contributed by atoms with E-state index in [1.54, 1.807) is 0 Å². The van der Waals surface area contributed by atoms with Crippen LogP contribution in [0.4, 0.5) is 5.69 Å². The Morgan fingerprint density at radius 2 is 1.89 bits per heavy atom. The van der Waals surface area contributed by atoms with Crippen LogP contribution in [-0.4, -0.2) is 10.7 Å². The Labute approximate surface area is 118 Å². The van der Waals surface area contributed by atoms with Crippen LogP contribution >= 0.6 is 15.9 Å². The molecule has 0 spiro atoms. The zero-order valence-electron chi connectivity index (χ0n) is 11.2. The van der Waals surface area contributed by atoms with Crippen LogP contribution in [0.5, 0.6) is 0 Å². The van der Waals surface area contributed by atoms with Crippen LogP contribution in [0.3, 0.4) is 0 Å². The third kappa shape index (κ3) is 5.21. The van der Waals surface area contributed by atoms with Crippen molar-refractivity contribution in [3.8, 4) is 0 Å². The Morgan fingerprint density at radius 3 is 2.44 bits per heavy atom. The van der Waals surface area contributed by atoms with E-state index in [4.69, 9.17) is 0 Å². The Hall–Kier alpha value is -0.830. The van der Waals surface area contributed by atoms with Crippen molar-refractivity contribution in [3.05, 3.63) is 29.8 Å². The maximum Gasteiger partial charge on any atom is 0.238 e. The molecule has 1 atom stereocenters. The molecule has 1 unspecified atom stereocenters. The summed E-state index contributed by atoms with van der Waals surface area (Å²) in [6, 6.07) is 8.16. The lowest BCUT2D eigenvalue weighted by Crippen LogP contribution is -2.21. The molecule has 3 heteroatoms. The number of hydrogen-bond acceptors (Lipinski definition) is 1. The summed E-state index contributed by atoms with van der Waals surface area (Å²) in [6.45, 7) is 4.19. The first kappa shape index (κ1) is 15.2. The summed E-state index contributed by atoms with van der Waals surface area (Å²) < 4.78 is 0. The SMILES string of the molecule is CCCCCc1ccc(NC(=O)C(Br)CC)cc1. The lowest BCUT2D eigenvalue weighted by molar-refractivity contribution is -0.115. The summed E-state index contributed by atoms with van der Waals surface area (Å²) in [6.07, 6.45) is 5.68. The normalized spacial score (nSPS) is 12.2. The molecule has 0 saturated heterocycles. The van der Waals surface area contributed by atoms with Crippen molar-refractivity contribution in [1.29, 1.82) is 0 Å². The molecule has 1 N–H and O–H groups in total. The van der Waals surface area contributed by atoms with Gasteiger partial charge in [-0.2, -0.15) is 0 Å². The molecule has 0 bridgehead atoms. The Balaban J connectivity index is 2.47. The van der Waals surface area contributed by atoms with Gasteiger partial charge in [0.2, 0.25) is 5.91 Å². The minimum atomic E-state index is -0.110. The molecule has 0 saturated carbocycles. The fourth-order valence-electron chi connectivity index (χ4n) is 1.74. The van der Waals surface area contributed by atoms with Crippen LogP contribution < -0.4 is 5.32 Å². The molecule has 0 aliphatic carbocycles. The first-order valence-electron chi connectivity index (χ1n) is 6.71. The van der Waals surface area contributed by atoms with Gasteiger partial charge in [-0.3, -0.25) is 4.79 Å². The van der Waals surface area contributed by atoms with Gasteiger partial charge in [-0.05, 0) is 37.0 Å². The monoisotopic (exact) mass is 311 g/mol. The first-order chi connectivity index (χ1) is 8.67. The van der Waals surface area contributed by atoms with E-state index >= 15 is 0 Å². The molecule has 1 amide bonds. The minimum absolute atomic E-state index is 0.0243. The minimum Gasteiger partial charge on any atom is -0.325 e. The van der Waals surface area contributed by atoms with E-state index in [1.807, 2.05) is 19.1 Å². The molecule has 1 rings (SSSR count). The average molecular weight is 312 g/mol. The van der Waals surface area contributed by atoms with E-state index in [2.05, 4.69) is 40.3 Å². The number of unbranched alkanes of at least 4 members (excludes halogenated alkanes) is 2. The van der Waals surface area contributed by atoms with Crippen molar-refractivity contribution in [3.63, 3.8) is 0 Å². The number of benzene rings is 1. The molecule has 0 aliphatic rings. The second kappa shape index (κ2) is 8.30. The third-order valence-corrected chi connectivity index (χ3v) is 4.00. The van der Waals surface area contributed by atoms with Gasteiger partial charge in [-0.1, -0.05) is 54.8 Å². The zero-order chi connectivity index (χ0) is 13.4. The highest BCUT2D eigenvalue weighted by atomic mass is 79.9. The van der Waals surface area contributed by atoms with E-state index in [0.717, 1.165) is 18.5 Å². The summed E-state index contributed by atoms with van der Waals surface area (Å²) in [4.78, 5) is 11.6. The summed E-state index contributed by atoms with van der Waals surface area (Å²) in [7, 11) is 0.